The van der Waals surface area contributed by atoms with Crippen molar-refractivity contribution in [3.05, 3.63) is 35.4 Å². The summed E-state index contributed by atoms with van der Waals surface area (Å²) in [5, 5.41) is 0. The van der Waals surface area contributed by atoms with Gasteiger partial charge in [-0.2, -0.15) is 0 Å². The molecule has 1 aliphatic heterocycles. The predicted octanol–water partition coefficient (Wildman–Crippen LogP) is 4.27. The van der Waals surface area contributed by atoms with Crippen LogP contribution in [-0.2, 0) is 21.8 Å². The van der Waals surface area contributed by atoms with Gasteiger partial charge in [-0.1, -0.05) is 24.3 Å². The van der Waals surface area contributed by atoms with Gasteiger partial charge in [-0.3, -0.25) is 0 Å². The monoisotopic (exact) mass is 296 g/mol. The Morgan fingerprint density at radius 1 is 1.14 bits per heavy atom. The van der Waals surface area contributed by atoms with Crippen LogP contribution in [0.1, 0.15) is 43.7 Å². The highest BCUT2D eigenvalue weighted by molar-refractivity contribution is 5.26. The molecule has 2 aliphatic rings. The van der Waals surface area contributed by atoms with Crippen LogP contribution in [0.5, 0.6) is 0 Å². The van der Waals surface area contributed by atoms with E-state index >= 15 is 0 Å². The topological polar surface area (TPSA) is 18.5 Å². The standard InChI is InChI=1S/C17H22F2O2/c1-16(18,19)14-7-5-13(6-8-14)12-15-4-2-9-17(15)20-10-3-11-21-17/h5-8,15H,2-4,9-12H2,1H3. The Kier molecular flexibility index (Phi) is 4.02. The van der Waals surface area contributed by atoms with Crippen molar-refractivity contribution < 1.29 is 18.3 Å². The summed E-state index contributed by atoms with van der Waals surface area (Å²) in [6, 6.07) is 6.67. The summed E-state index contributed by atoms with van der Waals surface area (Å²) in [7, 11) is 0. The van der Waals surface area contributed by atoms with Crippen molar-refractivity contribution >= 4 is 0 Å². The fraction of sp³-hybridized carbons (Fsp3) is 0.647. The highest BCUT2D eigenvalue weighted by atomic mass is 19.3. The van der Waals surface area contributed by atoms with Crippen LogP contribution in [0.3, 0.4) is 0 Å². The molecule has 1 aromatic carbocycles. The number of hydrogen-bond acceptors (Lipinski definition) is 2. The SMILES string of the molecule is CC(F)(F)c1ccc(CC2CCCC23OCCCO3)cc1. The van der Waals surface area contributed by atoms with E-state index in [1.807, 2.05) is 12.1 Å². The van der Waals surface area contributed by atoms with Gasteiger partial charge in [0.25, 0.3) is 5.92 Å². The maximum absolute atomic E-state index is 13.2. The maximum Gasteiger partial charge on any atom is 0.270 e. The average Bonchev–Trinajstić information content (AvgIpc) is 2.82. The number of hydrogen-bond donors (Lipinski definition) is 0. The lowest BCUT2D eigenvalue weighted by molar-refractivity contribution is -0.283. The van der Waals surface area contributed by atoms with Crippen molar-refractivity contribution in [2.75, 3.05) is 13.2 Å². The molecular weight excluding hydrogens is 274 g/mol. The molecule has 1 spiro atoms. The van der Waals surface area contributed by atoms with Gasteiger partial charge >= 0.3 is 0 Å². The Labute approximate surface area is 124 Å². The number of alkyl halides is 2. The Hall–Kier alpha value is -1.00. The third kappa shape index (κ3) is 3.11. The number of rotatable bonds is 3. The second kappa shape index (κ2) is 5.65. The average molecular weight is 296 g/mol. The Morgan fingerprint density at radius 3 is 2.43 bits per heavy atom. The summed E-state index contributed by atoms with van der Waals surface area (Å²) >= 11 is 0. The molecule has 1 saturated carbocycles. The van der Waals surface area contributed by atoms with Crippen molar-refractivity contribution in [3.8, 4) is 0 Å². The Bertz CT molecular complexity index is 473. The zero-order valence-electron chi connectivity index (χ0n) is 12.4. The summed E-state index contributed by atoms with van der Waals surface area (Å²) in [5.41, 5.74) is 1.14. The molecule has 1 atom stereocenters. The molecular formula is C17H22F2O2. The first kappa shape index (κ1) is 14.9. The second-order valence-electron chi connectivity index (χ2n) is 6.24. The first-order valence-corrected chi connectivity index (χ1v) is 7.75. The highest BCUT2D eigenvalue weighted by Crippen LogP contribution is 2.43. The maximum atomic E-state index is 13.2. The normalized spacial score (nSPS) is 25.4. The lowest BCUT2D eigenvalue weighted by Gasteiger charge is -2.38. The van der Waals surface area contributed by atoms with Gasteiger partial charge < -0.3 is 9.47 Å². The van der Waals surface area contributed by atoms with E-state index in [0.717, 1.165) is 57.8 Å². The van der Waals surface area contributed by atoms with Gasteiger partial charge in [-0.05, 0) is 31.2 Å². The van der Waals surface area contributed by atoms with Gasteiger partial charge in [-0.25, -0.2) is 8.78 Å². The summed E-state index contributed by atoms with van der Waals surface area (Å²) in [6.45, 7) is 2.45. The molecule has 21 heavy (non-hydrogen) atoms. The van der Waals surface area contributed by atoms with Crippen LogP contribution < -0.4 is 0 Å². The van der Waals surface area contributed by atoms with E-state index in [-0.39, 0.29) is 5.56 Å². The molecule has 3 rings (SSSR count). The second-order valence-corrected chi connectivity index (χ2v) is 6.24. The molecule has 1 heterocycles. The van der Waals surface area contributed by atoms with E-state index in [1.54, 1.807) is 0 Å². The van der Waals surface area contributed by atoms with Gasteiger partial charge in [0.05, 0.1) is 13.2 Å². The van der Waals surface area contributed by atoms with E-state index in [1.165, 1.54) is 12.1 Å². The Balaban J connectivity index is 1.71. The first-order chi connectivity index (χ1) is 10.00. The van der Waals surface area contributed by atoms with Gasteiger partial charge in [0.1, 0.15) is 0 Å². The number of benzene rings is 1. The summed E-state index contributed by atoms with van der Waals surface area (Å²) in [5.74, 6) is -2.88. The van der Waals surface area contributed by atoms with Crippen LogP contribution in [0.4, 0.5) is 8.78 Å². The van der Waals surface area contributed by atoms with E-state index in [9.17, 15) is 8.78 Å². The predicted molar refractivity (Wildman–Crippen MR) is 76.3 cm³/mol. The third-order valence-electron chi connectivity index (χ3n) is 4.62. The molecule has 0 radical (unpaired) electrons. The quantitative estimate of drug-likeness (QED) is 0.829. The lowest BCUT2D eigenvalue weighted by atomic mass is 9.92. The summed E-state index contributed by atoms with van der Waals surface area (Å²) < 4.78 is 38.4. The molecule has 4 heteroatoms. The molecule has 0 aromatic heterocycles. The van der Waals surface area contributed by atoms with E-state index in [4.69, 9.17) is 9.47 Å². The smallest absolute Gasteiger partial charge is 0.270 e. The zero-order chi connectivity index (χ0) is 14.9. The van der Waals surface area contributed by atoms with Crippen LogP contribution in [0.15, 0.2) is 24.3 Å². The third-order valence-corrected chi connectivity index (χ3v) is 4.62. The van der Waals surface area contributed by atoms with Gasteiger partial charge in [0.2, 0.25) is 0 Å². The molecule has 1 saturated heterocycles. The molecule has 1 unspecified atom stereocenters. The molecule has 1 aliphatic carbocycles. The molecule has 116 valence electrons. The molecule has 0 N–H and O–H groups in total. The van der Waals surface area contributed by atoms with E-state index in [2.05, 4.69) is 0 Å². The molecule has 2 fully saturated rings. The highest BCUT2D eigenvalue weighted by Gasteiger charge is 2.46. The lowest BCUT2D eigenvalue weighted by Crippen LogP contribution is -2.44. The van der Waals surface area contributed by atoms with Crippen molar-refractivity contribution in [1.29, 1.82) is 0 Å². The molecule has 0 amide bonds. The van der Waals surface area contributed by atoms with Crippen LogP contribution >= 0.6 is 0 Å². The van der Waals surface area contributed by atoms with Crippen molar-refractivity contribution in [1.82, 2.24) is 0 Å². The first-order valence-electron chi connectivity index (χ1n) is 7.75. The molecule has 1 aromatic rings. The van der Waals surface area contributed by atoms with Crippen molar-refractivity contribution in [2.45, 2.75) is 50.7 Å². The van der Waals surface area contributed by atoms with Crippen LogP contribution in [0, 0.1) is 5.92 Å². The number of ether oxygens (including phenoxy) is 2. The summed E-state index contributed by atoms with van der Waals surface area (Å²) in [6.07, 6.45) is 4.91. The summed E-state index contributed by atoms with van der Waals surface area (Å²) in [4.78, 5) is 0. The fourth-order valence-corrected chi connectivity index (χ4v) is 3.46. The minimum absolute atomic E-state index is 0.0672. The van der Waals surface area contributed by atoms with Crippen molar-refractivity contribution in [3.63, 3.8) is 0 Å². The number of halogens is 2. The van der Waals surface area contributed by atoms with Gasteiger partial charge in [0.15, 0.2) is 5.79 Å². The largest absolute Gasteiger partial charge is 0.350 e. The molecule has 0 bridgehead atoms. The van der Waals surface area contributed by atoms with E-state index in [0.29, 0.717) is 5.92 Å². The van der Waals surface area contributed by atoms with Crippen LogP contribution in [0.25, 0.3) is 0 Å². The zero-order valence-corrected chi connectivity index (χ0v) is 12.4. The van der Waals surface area contributed by atoms with Crippen molar-refractivity contribution in [2.24, 2.45) is 5.92 Å². The van der Waals surface area contributed by atoms with Gasteiger partial charge in [0, 0.05) is 24.8 Å². The fourth-order valence-electron chi connectivity index (χ4n) is 3.46. The minimum atomic E-state index is -2.78. The molecule has 2 nitrogen and oxygen atoms in total. The van der Waals surface area contributed by atoms with E-state index < -0.39 is 11.7 Å². The Morgan fingerprint density at radius 2 is 1.81 bits per heavy atom. The van der Waals surface area contributed by atoms with Crippen LogP contribution in [-0.4, -0.2) is 19.0 Å². The van der Waals surface area contributed by atoms with Crippen LogP contribution in [0.2, 0.25) is 0 Å². The van der Waals surface area contributed by atoms with Gasteiger partial charge in [-0.15, -0.1) is 0 Å². The minimum Gasteiger partial charge on any atom is -0.350 e.